The molecular weight excluding hydrogens is 314 g/mol. The predicted octanol–water partition coefficient (Wildman–Crippen LogP) is 3.81. The van der Waals surface area contributed by atoms with E-state index in [9.17, 15) is 9.59 Å². The van der Waals surface area contributed by atoms with Crippen molar-refractivity contribution < 1.29 is 19.4 Å². The maximum absolute atomic E-state index is 11.9. The van der Waals surface area contributed by atoms with Crippen LogP contribution >= 0.6 is 11.3 Å². The van der Waals surface area contributed by atoms with Gasteiger partial charge in [0.1, 0.15) is 5.60 Å². The average molecular weight is 335 g/mol. The molecule has 2 aromatic rings. The molecule has 1 aromatic carbocycles. The molecule has 0 spiro atoms. The number of ether oxygens (including phenoxy) is 1. The number of carboxylic acid groups (broad SMARTS) is 1. The number of carbonyl (C=O) groups excluding carboxylic acids is 1. The molecule has 0 fully saturated rings. The van der Waals surface area contributed by atoms with Crippen molar-refractivity contribution in [1.82, 2.24) is 5.32 Å². The second-order valence-corrected chi connectivity index (χ2v) is 7.31. The standard InChI is InChI=1S/C17H21NO4S/c1-17(2,3)22-16(21)18-12(9-15(19)20)8-11-10-23-14-7-5-4-6-13(11)14/h4-7,10,12H,8-9H2,1-3H3,(H,18,21)(H,19,20). The summed E-state index contributed by atoms with van der Waals surface area (Å²) in [5, 5.41) is 14.9. The monoisotopic (exact) mass is 335 g/mol. The fraction of sp³-hybridized carbons (Fsp3) is 0.412. The van der Waals surface area contributed by atoms with Crippen molar-refractivity contribution in [3.63, 3.8) is 0 Å². The first-order chi connectivity index (χ1) is 10.7. The largest absolute Gasteiger partial charge is 0.481 e. The molecule has 124 valence electrons. The van der Waals surface area contributed by atoms with Crippen molar-refractivity contribution in [2.45, 2.75) is 45.3 Å². The highest BCUT2D eigenvalue weighted by molar-refractivity contribution is 7.17. The number of rotatable bonds is 5. The highest BCUT2D eigenvalue weighted by Crippen LogP contribution is 2.27. The molecule has 2 N–H and O–H groups in total. The zero-order valence-electron chi connectivity index (χ0n) is 13.5. The topological polar surface area (TPSA) is 75.6 Å². The second kappa shape index (κ2) is 7.00. The first-order valence-electron chi connectivity index (χ1n) is 7.41. The molecule has 0 aliphatic rings. The number of aliphatic carboxylic acids is 1. The van der Waals surface area contributed by atoms with Crippen LogP contribution in [-0.4, -0.2) is 28.8 Å². The third-order valence-electron chi connectivity index (χ3n) is 3.17. The number of alkyl carbamates (subject to hydrolysis) is 1. The minimum Gasteiger partial charge on any atom is -0.481 e. The smallest absolute Gasteiger partial charge is 0.407 e. The van der Waals surface area contributed by atoms with Gasteiger partial charge >= 0.3 is 12.1 Å². The van der Waals surface area contributed by atoms with Gasteiger partial charge in [-0.2, -0.15) is 0 Å². The SMILES string of the molecule is CC(C)(C)OC(=O)NC(CC(=O)O)Cc1csc2ccccc12. The summed E-state index contributed by atoms with van der Waals surface area (Å²) in [6, 6.07) is 7.44. The molecule has 1 unspecified atom stereocenters. The second-order valence-electron chi connectivity index (χ2n) is 6.40. The Morgan fingerprint density at radius 3 is 2.65 bits per heavy atom. The van der Waals surface area contributed by atoms with Crippen LogP contribution in [0.1, 0.15) is 32.8 Å². The van der Waals surface area contributed by atoms with Crippen molar-refractivity contribution in [2.24, 2.45) is 0 Å². The van der Waals surface area contributed by atoms with Crippen molar-refractivity contribution in [3.8, 4) is 0 Å². The summed E-state index contributed by atoms with van der Waals surface area (Å²) in [6.45, 7) is 5.31. The Labute approximate surface area is 139 Å². The van der Waals surface area contributed by atoms with E-state index in [0.717, 1.165) is 15.6 Å². The lowest BCUT2D eigenvalue weighted by Gasteiger charge is -2.23. The Balaban J connectivity index is 2.12. The van der Waals surface area contributed by atoms with Crippen LogP contribution in [0, 0.1) is 0 Å². The fourth-order valence-electron chi connectivity index (χ4n) is 2.32. The third kappa shape index (κ3) is 5.25. The molecule has 0 aliphatic heterocycles. The minimum absolute atomic E-state index is 0.149. The number of hydrogen-bond acceptors (Lipinski definition) is 4. The molecular formula is C17H21NO4S. The Morgan fingerprint density at radius 1 is 1.30 bits per heavy atom. The summed E-state index contributed by atoms with van der Waals surface area (Å²) >= 11 is 1.61. The molecule has 0 saturated carbocycles. The van der Waals surface area contributed by atoms with Crippen molar-refractivity contribution in [3.05, 3.63) is 35.2 Å². The fourth-order valence-corrected chi connectivity index (χ4v) is 3.29. The van der Waals surface area contributed by atoms with Crippen molar-refractivity contribution in [2.75, 3.05) is 0 Å². The van der Waals surface area contributed by atoms with E-state index in [1.54, 1.807) is 32.1 Å². The number of hydrogen-bond donors (Lipinski definition) is 2. The van der Waals surface area contributed by atoms with Crippen molar-refractivity contribution >= 4 is 33.5 Å². The first-order valence-corrected chi connectivity index (χ1v) is 8.29. The lowest BCUT2D eigenvalue weighted by molar-refractivity contribution is -0.137. The van der Waals surface area contributed by atoms with E-state index in [-0.39, 0.29) is 6.42 Å². The first kappa shape index (κ1) is 17.3. The number of benzene rings is 1. The maximum Gasteiger partial charge on any atom is 0.407 e. The number of carboxylic acids is 1. The Kier molecular flexibility index (Phi) is 5.26. The molecule has 0 bridgehead atoms. The number of thiophene rings is 1. The number of fused-ring (bicyclic) bond motifs is 1. The molecule has 1 atom stereocenters. The van der Waals surface area contributed by atoms with E-state index in [4.69, 9.17) is 9.84 Å². The van der Waals surface area contributed by atoms with Crippen LogP contribution in [0.3, 0.4) is 0 Å². The summed E-state index contributed by atoms with van der Waals surface area (Å²) in [5.74, 6) is -0.953. The van der Waals surface area contributed by atoms with Crippen LogP contribution in [-0.2, 0) is 16.0 Å². The Bertz CT molecular complexity index is 702. The van der Waals surface area contributed by atoms with Crippen LogP contribution in [0.4, 0.5) is 4.79 Å². The van der Waals surface area contributed by atoms with E-state index in [1.807, 2.05) is 29.6 Å². The molecule has 0 aliphatic carbocycles. The quantitative estimate of drug-likeness (QED) is 0.871. The van der Waals surface area contributed by atoms with Gasteiger partial charge in [0.2, 0.25) is 0 Å². The Hall–Kier alpha value is -2.08. The normalized spacial score (nSPS) is 12.8. The van der Waals surface area contributed by atoms with Gasteiger partial charge in [0.15, 0.2) is 0 Å². The van der Waals surface area contributed by atoms with Crippen LogP contribution in [0.2, 0.25) is 0 Å². The van der Waals surface area contributed by atoms with Crippen LogP contribution in [0.5, 0.6) is 0 Å². The van der Waals surface area contributed by atoms with E-state index in [0.29, 0.717) is 6.42 Å². The van der Waals surface area contributed by atoms with Gasteiger partial charge in [0, 0.05) is 10.7 Å². The van der Waals surface area contributed by atoms with Gasteiger partial charge < -0.3 is 15.2 Å². The number of nitrogens with one attached hydrogen (secondary N) is 1. The number of amides is 1. The minimum atomic E-state index is -0.953. The lowest BCUT2D eigenvalue weighted by Crippen LogP contribution is -2.41. The highest BCUT2D eigenvalue weighted by Gasteiger charge is 2.22. The molecule has 1 heterocycles. The molecule has 0 radical (unpaired) electrons. The van der Waals surface area contributed by atoms with E-state index in [1.165, 1.54) is 0 Å². The summed E-state index contributed by atoms with van der Waals surface area (Å²) < 4.78 is 6.36. The van der Waals surface area contributed by atoms with Gasteiger partial charge in [-0.3, -0.25) is 4.79 Å². The van der Waals surface area contributed by atoms with Gasteiger partial charge in [0.25, 0.3) is 0 Å². The molecule has 0 saturated heterocycles. The molecule has 2 rings (SSSR count). The maximum atomic E-state index is 11.9. The van der Waals surface area contributed by atoms with Gasteiger partial charge in [-0.15, -0.1) is 11.3 Å². The average Bonchev–Trinajstić information content (AvgIpc) is 2.79. The summed E-state index contributed by atoms with van der Waals surface area (Å²) in [6.07, 6.45) is -0.290. The van der Waals surface area contributed by atoms with Gasteiger partial charge in [-0.05, 0) is 49.6 Å². The predicted molar refractivity (Wildman–Crippen MR) is 90.9 cm³/mol. The lowest BCUT2D eigenvalue weighted by atomic mass is 10.0. The third-order valence-corrected chi connectivity index (χ3v) is 4.18. The summed E-state index contributed by atoms with van der Waals surface area (Å²) in [7, 11) is 0. The zero-order valence-corrected chi connectivity index (χ0v) is 14.3. The Morgan fingerprint density at radius 2 is 2.00 bits per heavy atom. The van der Waals surface area contributed by atoms with Gasteiger partial charge in [0.05, 0.1) is 6.42 Å². The number of carbonyl (C=O) groups is 2. The summed E-state index contributed by atoms with van der Waals surface area (Å²) in [4.78, 5) is 23.0. The van der Waals surface area contributed by atoms with E-state index < -0.39 is 23.7 Å². The molecule has 1 amide bonds. The highest BCUT2D eigenvalue weighted by atomic mass is 32.1. The molecule has 23 heavy (non-hydrogen) atoms. The zero-order chi connectivity index (χ0) is 17.0. The molecule has 1 aromatic heterocycles. The van der Waals surface area contributed by atoms with Crippen LogP contribution in [0.15, 0.2) is 29.6 Å². The van der Waals surface area contributed by atoms with Gasteiger partial charge in [-0.25, -0.2) is 4.79 Å². The van der Waals surface area contributed by atoms with E-state index >= 15 is 0 Å². The molecule has 5 nitrogen and oxygen atoms in total. The summed E-state index contributed by atoms with van der Waals surface area (Å²) in [5.41, 5.74) is 0.417. The van der Waals surface area contributed by atoms with Crippen LogP contribution in [0.25, 0.3) is 10.1 Å². The van der Waals surface area contributed by atoms with Crippen molar-refractivity contribution in [1.29, 1.82) is 0 Å². The van der Waals surface area contributed by atoms with Gasteiger partial charge in [-0.1, -0.05) is 18.2 Å². The van der Waals surface area contributed by atoms with E-state index in [2.05, 4.69) is 5.32 Å². The van der Waals surface area contributed by atoms with Crippen LogP contribution < -0.4 is 5.32 Å². The molecule has 6 heteroatoms.